The van der Waals surface area contributed by atoms with Gasteiger partial charge in [0.15, 0.2) is 0 Å². The number of rotatable bonds is 3. The Morgan fingerprint density at radius 1 is 1.50 bits per heavy atom. The zero-order valence-electron chi connectivity index (χ0n) is 10.0. The summed E-state index contributed by atoms with van der Waals surface area (Å²) in [6, 6.07) is 1.84. The van der Waals surface area contributed by atoms with Gasteiger partial charge in [-0.05, 0) is 19.9 Å². The molecule has 0 atom stereocenters. The topological polar surface area (TPSA) is 47.1 Å². The van der Waals surface area contributed by atoms with E-state index in [4.69, 9.17) is 5.73 Å². The molecule has 1 aliphatic heterocycles. The van der Waals surface area contributed by atoms with E-state index in [0.717, 1.165) is 19.6 Å². The van der Waals surface area contributed by atoms with E-state index in [9.17, 15) is 0 Å². The van der Waals surface area contributed by atoms with Gasteiger partial charge in [0.25, 0.3) is 0 Å². The highest BCUT2D eigenvalue weighted by Gasteiger charge is 2.26. The largest absolute Gasteiger partial charge is 0.382 e. The molecule has 0 unspecified atom stereocenters. The van der Waals surface area contributed by atoms with Crippen molar-refractivity contribution < 1.29 is 0 Å². The maximum absolute atomic E-state index is 5.58. The molecule has 0 spiro atoms. The Bertz CT molecular complexity index is 348. The standard InChI is InChI=1S/C11H20N4S/c1-11(2)9-14(7-8-16-11)5-6-15-4-3-10(12)13-15/h3-4H,5-9H2,1-2H3,(H2,12,13). The number of nitrogen functional groups attached to an aromatic ring is 1. The minimum absolute atomic E-state index is 0.390. The molecule has 2 N–H and O–H groups in total. The molecule has 16 heavy (non-hydrogen) atoms. The summed E-state index contributed by atoms with van der Waals surface area (Å²) in [5, 5.41) is 4.19. The molecule has 1 aromatic heterocycles. The number of hydrogen-bond acceptors (Lipinski definition) is 4. The van der Waals surface area contributed by atoms with E-state index < -0.39 is 0 Å². The van der Waals surface area contributed by atoms with Crippen LogP contribution in [0.4, 0.5) is 5.82 Å². The van der Waals surface area contributed by atoms with E-state index in [1.807, 2.05) is 16.9 Å². The van der Waals surface area contributed by atoms with Crippen LogP contribution >= 0.6 is 11.8 Å². The van der Waals surface area contributed by atoms with E-state index in [1.54, 1.807) is 0 Å². The van der Waals surface area contributed by atoms with Crippen LogP contribution in [0.5, 0.6) is 0 Å². The van der Waals surface area contributed by atoms with Gasteiger partial charge in [0.05, 0.1) is 6.54 Å². The Labute approximate surface area is 101 Å². The van der Waals surface area contributed by atoms with Crippen molar-refractivity contribution in [1.29, 1.82) is 0 Å². The van der Waals surface area contributed by atoms with Gasteiger partial charge < -0.3 is 5.73 Å². The van der Waals surface area contributed by atoms with Crippen molar-refractivity contribution in [2.75, 3.05) is 31.1 Å². The van der Waals surface area contributed by atoms with Gasteiger partial charge in [0.1, 0.15) is 5.82 Å². The Morgan fingerprint density at radius 3 is 2.94 bits per heavy atom. The summed E-state index contributed by atoms with van der Waals surface area (Å²) in [7, 11) is 0. The second-order valence-corrected chi connectivity index (χ2v) is 6.69. The third-order valence-corrected chi connectivity index (χ3v) is 4.11. The quantitative estimate of drug-likeness (QED) is 0.865. The molecule has 0 amide bonds. The molecular formula is C11H20N4S. The molecule has 90 valence electrons. The van der Waals surface area contributed by atoms with Gasteiger partial charge in [-0.1, -0.05) is 0 Å². The predicted octanol–water partition coefficient (Wildman–Crippen LogP) is 1.29. The number of anilines is 1. The Morgan fingerprint density at radius 2 is 2.31 bits per heavy atom. The van der Waals surface area contributed by atoms with Gasteiger partial charge in [-0.3, -0.25) is 9.58 Å². The minimum Gasteiger partial charge on any atom is -0.382 e. The Hall–Kier alpha value is -0.680. The predicted molar refractivity (Wildman–Crippen MR) is 69.6 cm³/mol. The van der Waals surface area contributed by atoms with Crippen LogP contribution in [0.15, 0.2) is 12.3 Å². The molecular weight excluding hydrogens is 220 g/mol. The van der Waals surface area contributed by atoms with Gasteiger partial charge in [-0.25, -0.2) is 0 Å². The third kappa shape index (κ3) is 3.15. The van der Waals surface area contributed by atoms with Crippen molar-refractivity contribution in [3.05, 3.63) is 12.3 Å². The first-order chi connectivity index (χ1) is 7.55. The fourth-order valence-electron chi connectivity index (χ4n) is 2.05. The van der Waals surface area contributed by atoms with Crippen LogP contribution in [0.1, 0.15) is 13.8 Å². The highest BCUT2D eigenvalue weighted by molar-refractivity contribution is 8.00. The first kappa shape index (κ1) is 11.8. The fourth-order valence-corrected chi connectivity index (χ4v) is 3.23. The van der Waals surface area contributed by atoms with Crippen molar-refractivity contribution in [3.63, 3.8) is 0 Å². The molecule has 1 saturated heterocycles. The summed E-state index contributed by atoms with van der Waals surface area (Å²) in [6.45, 7) is 8.97. The van der Waals surface area contributed by atoms with Gasteiger partial charge in [-0.2, -0.15) is 16.9 Å². The number of nitrogens with two attached hydrogens (primary N) is 1. The third-order valence-electron chi connectivity index (χ3n) is 2.81. The van der Waals surface area contributed by atoms with Crippen LogP contribution in [-0.2, 0) is 6.54 Å². The van der Waals surface area contributed by atoms with Crippen LogP contribution < -0.4 is 5.73 Å². The summed E-state index contributed by atoms with van der Waals surface area (Å²) >= 11 is 2.07. The molecule has 0 saturated carbocycles. The summed E-state index contributed by atoms with van der Waals surface area (Å²) < 4.78 is 2.31. The van der Waals surface area contributed by atoms with E-state index in [-0.39, 0.29) is 0 Å². The molecule has 0 radical (unpaired) electrons. The van der Waals surface area contributed by atoms with Crippen LogP contribution in [0.2, 0.25) is 0 Å². The molecule has 4 nitrogen and oxygen atoms in total. The summed E-state index contributed by atoms with van der Waals surface area (Å²) in [6.07, 6.45) is 1.94. The van der Waals surface area contributed by atoms with E-state index in [0.29, 0.717) is 10.6 Å². The second-order valence-electron chi connectivity index (χ2n) is 4.89. The van der Waals surface area contributed by atoms with Crippen molar-refractivity contribution in [2.45, 2.75) is 25.1 Å². The summed E-state index contributed by atoms with van der Waals surface area (Å²) in [4.78, 5) is 2.51. The van der Waals surface area contributed by atoms with Gasteiger partial charge in [0, 0.05) is 36.3 Å². The molecule has 5 heteroatoms. The molecule has 2 heterocycles. The molecule has 1 aliphatic rings. The Kier molecular flexibility index (Phi) is 3.44. The monoisotopic (exact) mass is 240 g/mol. The zero-order chi connectivity index (χ0) is 11.6. The normalized spacial score (nSPS) is 21.1. The van der Waals surface area contributed by atoms with Crippen molar-refractivity contribution in [1.82, 2.24) is 14.7 Å². The minimum atomic E-state index is 0.390. The molecule has 2 rings (SSSR count). The highest BCUT2D eigenvalue weighted by Crippen LogP contribution is 2.29. The molecule has 0 aliphatic carbocycles. The first-order valence-corrected chi connectivity index (χ1v) is 6.69. The lowest BCUT2D eigenvalue weighted by atomic mass is 10.2. The van der Waals surface area contributed by atoms with Crippen molar-refractivity contribution in [3.8, 4) is 0 Å². The zero-order valence-corrected chi connectivity index (χ0v) is 10.8. The maximum Gasteiger partial charge on any atom is 0.145 e. The van der Waals surface area contributed by atoms with E-state index in [2.05, 4.69) is 35.6 Å². The number of hydrogen-bond donors (Lipinski definition) is 1. The summed E-state index contributed by atoms with van der Waals surface area (Å²) in [5.41, 5.74) is 5.58. The number of thioether (sulfide) groups is 1. The highest BCUT2D eigenvalue weighted by atomic mass is 32.2. The van der Waals surface area contributed by atoms with Gasteiger partial charge in [0.2, 0.25) is 0 Å². The lowest BCUT2D eigenvalue weighted by Crippen LogP contribution is -2.44. The smallest absolute Gasteiger partial charge is 0.145 e. The molecule has 1 fully saturated rings. The lowest BCUT2D eigenvalue weighted by Gasteiger charge is -2.37. The fraction of sp³-hybridized carbons (Fsp3) is 0.727. The molecule has 1 aromatic rings. The first-order valence-electron chi connectivity index (χ1n) is 5.70. The van der Waals surface area contributed by atoms with Crippen LogP contribution in [-0.4, -0.2) is 44.8 Å². The second kappa shape index (κ2) is 4.67. The SMILES string of the molecule is CC1(C)CN(CCn2ccc(N)n2)CCS1. The lowest BCUT2D eigenvalue weighted by molar-refractivity contribution is 0.247. The van der Waals surface area contributed by atoms with Crippen molar-refractivity contribution in [2.24, 2.45) is 0 Å². The van der Waals surface area contributed by atoms with Gasteiger partial charge >= 0.3 is 0 Å². The van der Waals surface area contributed by atoms with Crippen LogP contribution in [0.25, 0.3) is 0 Å². The number of aromatic nitrogens is 2. The average Bonchev–Trinajstić information content (AvgIpc) is 2.60. The average molecular weight is 240 g/mol. The van der Waals surface area contributed by atoms with Gasteiger partial charge in [-0.15, -0.1) is 0 Å². The number of nitrogens with zero attached hydrogens (tertiary/aromatic N) is 3. The van der Waals surface area contributed by atoms with E-state index >= 15 is 0 Å². The van der Waals surface area contributed by atoms with Crippen LogP contribution in [0, 0.1) is 0 Å². The summed E-state index contributed by atoms with van der Waals surface area (Å²) in [5.74, 6) is 1.84. The van der Waals surface area contributed by atoms with E-state index in [1.165, 1.54) is 12.3 Å². The molecule has 0 bridgehead atoms. The van der Waals surface area contributed by atoms with Crippen LogP contribution in [0.3, 0.4) is 0 Å². The molecule has 0 aromatic carbocycles. The maximum atomic E-state index is 5.58. The Balaban J connectivity index is 1.82. The van der Waals surface area contributed by atoms with Crippen molar-refractivity contribution >= 4 is 17.6 Å².